The van der Waals surface area contributed by atoms with Crippen molar-refractivity contribution in [3.8, 4) is 0 Å². The molecule has 2 heterocycles. The number of nitrogens with one attached hydrogen (secondary N) is 1. The fourth-order valence-electron chi connectivity index (χ4n) is 5.06. The highest BCUT2D eigenvalue weighted by Crippen LogP contribution is 2.45. The number of carbonyl (C=O) groups is 2. The van der Waals surface area contributed by atoms with Crippen molar-refractivity contribution in [1.82, 2.24) is 4.98 Å². The third kappa shape index (κ3) is 3.01. The normalized spacial score (nSPS) is 17.6. The summed E-state index contributed by atoms with van der Waals surface area (Å²) in [6.07, 6.45) is 1.80. The van der Waals surface area contributed by atoms with Crippen LogP contribution in [0.2, 0.25) is 0 Å². The number of morpholine rings is 1. The van der Waals surface area contributed by atoms with Crippen LogP contribution in [0.15, 0.2) is 35.3 Å². The van der Waals surface area contributed by atoms with Crippen molar-refractivity contribution in [3.05, 3.63) is 63.8 Å². The number of anilines is 1. The topological polar surface area (TPSA) is 74.8 Å². The molecule has 0 unspecified atom stereocenters. The highest BCUT2D eigenvalue weighted by molar-refractivity contribution is 6.21. The van der Waals surface area contributed by atoms with Gasteiger partial charge in [-0.1, -0.05) is 26.0 Å². The number of ketones is 2. The van der Waals surface area contributed by atoms with E-state index in [9.17, 15) is 9.59 Å². The highest BCUT2D eigenvalue weighted by atomic mass is 16.5. The summed E-state index contributed by atoms with van der Waals surface area (Å²) in [4.78, 5) is 36.2. The Hall–Kier alpha value is -3.25. The van der Waals surface area contributed by atoms with Gasteiger partial charge in [0.25, 0.3) is 0 Å². The second-order valence-corrected chi connectivity index (χ2v) is 9.09. The van der Waals surface area contributed by atoms with Crippen molar-refractivity contribution < 1.29 is 14.3 Å². The van der Waals surface area contributed by atoms with Crippen LogP contribution in [0.4, 0.5) is 5.69 Å². The van der Waals surface area contributed by atoms with Crippen LogP contribution in [0.25, 0.3) is 10.9 Å². The quantitative estimate of drug-likeness (QED) is 0.502. The fourth-order valence-corrected chi connectivity index (χ4v) is 5.06. The predicted molar refractivity (Wildman–Crippen MR) is 127 cm³/mol. The Morgan fingerprint density at radius 3 is 2.62 bits per heavy atom. The van der Waals surface area contributed by atoms with Crippen LogP contribution in [-0.4, -0.2) is 56.1 Å². The SMILES string of the molecule is CN=Cc1ccc2c3c([nH]c2c1)C(C)(C)c1cc(N2CCOCC2)c(C(C)=O)cc1C3=O. The zero-order chi connectivity index (χ0) is 22.6. The van der Waals surface area contributed by atoms with E-state index in [1.165, 1.54) is 0 Å². The number of ether oxygens (including phenoxy) is 1. The first-order valence-electron chi connectivity index (χ1n) is 11.0. The Morgan fingerprint density at radius 2 is 1.94 bits per heavy atom. The first-order valence-corrected chi connectivity index (χ1v) is 11.0. The van der Waals surface area contributed by atoms with Crippen LogP contribution in [0, 0.1) is 0 Å². The number of aromatic amines is 1. The monoisotopic (exact) mass is 429 g/mol. The lowest BCUT2D eigenvalue weighted by molar-refractivity contribution is 0.101. The molecule has 2 aliphatic rings. The Bertz CT molecular complexity index is 1290. The van der Waals surface area contributed by atoms with Crippen molar-refractivity contribution in [3.63, 3.8) is 0 Å². The summed E-state index contributed by atoms with van der Waals surface area (Å²) in [7, 11) is 1.74. The van der Waals surface area contributed by atoms with Gasteiger partial charge < -0.3 is 14.6 Å². The number of nitrogens with zero attached hydrogens (tertiary/aromatic N) is 2. The fraction of sp³-hybridized carbons (Fsp3) is 0.346. The van der Waals surface area contributed by atoms with Crippen molar-refractivity contribution in [2.45, 2.75) is 26.2 Å². The van der Waals surface area contributed by atoms with Crippen LogP contribution in [-0.2, 0) is 10.2 Å². The van der Waals surface area contributed by atoms with Gasteiger partial charge in [0.05, 0.1) is 18.8 Å². The Balaban J connectivity index is 1.74. The minimum atomic E-state index is -0.424. The molecule has 32 heavy (non-hydrogen) atoms. The first-order chi connectivity index (χ1) is 15.3. The van der Waals surface area contributed by atoms with Crippen LogP contribution < -0.4 is 4.90 Å². The molecule has 0 amide bonds. The first kappa shape index (κ1) is 20.6. The number of aliphatic imine (C=N–C) groups is 1. The number of hydrogen-bond acceptors (Lipinski definition) is 5. The van der Waals surface area contributed by atoms with Crippen molar-refractivity contribution >= 4 is 34.4 Å². The Kier molecular flexibility index (Phi) is 4.78. The lowest BCUT2D eigenvalue weighted by Gasteiger charge is -2.36. The molecule has 6 nitrogen and oxygen atoms in total. The van der Waals surface area contributed by atoms with E-state index in [1.807, 2.05) is 24.3 Å². The predicted octanol–water partition coefficient (Wildman–Crippen LogP) is 4.13. The van der Waals surface area contributed by atoms with E-state index in [4.69, 9.17) is 4.74 Å². The second-order valence-electron chi connectivity index (χ2n) is 9.09. The number of H-pyrrole nitrogens is 1. The molecule has 1 N–H and O–H groups in total. The van der Waals surface area contributed by atoms with Gasteiger partial charge in [-0.25, -0.2) is 0 Å². The number of benzene rings is 2. The van der Waals surface area contributed by atoms with Gasteiger partial charge in [0.2, 0.25) is 0 Å². The molecule has 1 fully saturated rings. The summed E-state index contributed by atoms with van der Waals surface area (Å²) < 4.78 is 5.50. The van der Waals surface area contributed by atoms with Crippen molar-refractivity contribution in [2.75, 3.05) is 38.3 Å². The third-order valence-electron chi connectivity index (χ3n) is 6.74. The largest absolute Gasteiger partial charge is 0.378 e. The van der Waals surface area contributed by atoms with Gasteiger partial charge in [0, 0.05) is 65.2 Å². The molecule has 5 rings (SSSR count). The van der Waals surface area contributed by atoms with E-state index in [1.54, 1.807) is 20.2 Å². The van der Waals surface area contributed by atoms with Gasteiger partial charge in [0.1, 0.15) is 0 Å². The Morgan fingerprint density at radius 1 is 1.19 bits per heavy atom. The highest BCUT2D eigenvalue weighted by Gasteiger charge is 2.41. The number of Topliss-reactive ketones (excluding diaryl/α,β-unsaturated/α-hetero) is 1. The summed E-state index contributed by atoms with van der Waals surface area (Å²) in [6.45, 7) is 8.56. The van der Waals surface area contributed by atoms with Crippen LogP contribution >= 0.6 is 0 Å². The maximum atomic E-state index is 13.8. The molecule has 1 aliphatic heterocycles. The summed E-state index contributed by atoms with van der Waals surface area (Å²) in [5.74, 6) is -0.0679. The molecule has 3 aromatic rings. The lowest BCUT2D eigenvalue weighted by Crippen LogP contribution is -2.38. The van der Waals surface area contributed by atoms with Crippen LogP contribution in [0.1, 0.15) is 63.9 Å². The maximum absolute atomic E-state index is 13.8. The summed E-state index contributed by atoms with van der Waals surface area (Å²) in [5.41, 5.74) is 6.14. The second kappa shape index (κ2) is 7.41. The number of carbonyl (C=O) groups excluding carboxylic acids is 2. The van der Waals surface area contributed by atoms with E-state index in [0.29, 0.717) is 29.9 Å². The minimum Gasteiger partial charge on any atom is -0.378 e. The molecule has 164 valence electrons. The number of hydrogen-bond donors (Lipinski definition) is 1. The smallest absolute Gasteiger partial charge is 0.195 e. The molecule has 1 saturated heterocycles. The van der Waals surface area contributed by atoms with E-state index >= 15 is 0 Å². The molecule has 0 spiro atoms. The maximum Gasteiger partial charge on any atom is 0.195 e. The van der Waals surface area contributed by atoms with E-state index in [0.717, 1.165) is 46.5 Å². The zero-order valence-electron chi connectivity index (χ0n) is 18.9. The van der Waals surface area contributed by atoms with Gasteiger partial charge in [0.15, 0.2) is 11.6 Å². The summed E-state index contributed by atoms with van der Waals surface area (Å²) >= 11 is 0. The number of aromatic nitrogens is 1. The Labute approximate surface area is 187 Å². The molecule has 0 radical (unpaired) electrons. The molecule has 0 saturated carbocycles. The number of rotatable bonds is 3. The van der Waals surface area contributed by atoms with Crippen molar-refractivity contribution in [1.29, 1.82) is 0 Å². The van der Waals surface area contributed by atoms with E-state index in [2.05, 4.69) is 34.8 Å². The van der Waals surface area contributed by atoms with Gasteiger partial charge in [-0.2, -0.15) is 0 Å². The van der Waals surface area contributed by atoms with Crippen LogP contribution in [0.3, 0.4) is 0 Å². The van der Waals surface area contributed by atoms with Crippen LogP contribution in [0.5, 0.6) is 0 Å². The number of fused-ring (bicyclic) bond motifs is 4. The molecule has 6 heteroatoms. The molecular formula is C26H27N3O3. The van der Waals surface area contributed by atoms with Gasteiger partial charge in [-0.15, -0.1) is 0 Å². The molecule has 1 aliphatic carbocycles. The summed E-state index contributed by atoms with van der Waals surface area (Å²) in [5, 5.41) is 0.901. The zero-order valence-corrected chi connectivity index (χ0v) is 18.9. The molecular weight excluding hydrogens is 402 g/mol. The van der Waals surface area contributed by atoms with E-state index in [-0.39, 0.29) is 11.6 Å². The van der Waals surface area contributed by atoms with E-state index < -0.39 is 5.41 Å². The average Bonchev–Trinajstić information content (AvgIpc) is 3.18. The molecule has 1 aromatic heterocycles. The standard InChI is InChI=1S/C26H27N3O3/c1-15(30)18-12-19-20(13-22(18)29-7-9-32-10-8-29)26(2,3)25-23(24(19)31)17-6-5-16(14-27-4)11-21(17)28-25/h5-6,11-14,28H,7-10H2,1-4H3. The molecule has 2 aromatic carbocycles. The third-order valence-corrected chi connectivity index (χ3v) is 6.74. The molecule has 0 bridgehead atoms. The minimum absolute atomic E-state index is 0.0338. The van der Waals surface area contributed by atoms with Gasteiger partial charge in [-0.05, 0) is 36.2 Å². The molecule has 0 atom stereocenters. The summed E-state index contributed by atoms with van der Waals surface area (Å²) in [6, 6.07) is 9.84. The van der Waals surface area contributed by atoms with Gasteiger partial charge in [-0.3, -0.25) is 14.6 Å². The van der Waals surface area contributed by atoms with Gasteiger partial charge >= 0.3 is 0 Å². The lowest BCUT2D eigenvalue weighted by atomic mass is 9.70. The van der Waals surface area contributed by atoms with Crippen molar-refractivity contribution in [2.24, 2.45) is 4.99 Å². The average molecular weight is 430 g/mol.